The number of aliphatic hydroxyl groups is 1. The number of aryl methyl sites for hydroxylation is 1. The second-order valence-electron chi connectivity index (χ2n) is 4.50. The highest BCUT2D eigenvalue weighted by atomic mass is 79.9. The number of nitrogens with zero attached hydrogens (tertiary/aromatic N) is 1. The number of ether oxygens (including phenoxy) is 1. The minimum Gasteiger partial charge on any atom is -0.489 e. The Balaban J connectivity index is 2.07. The van der Waals surface area contributed by atoms with Crippen LogP contribution in [0.3, 0.4) is 0 Å². The summed E-state index contributed by atoms with van der Waals surface area (Å²) in [6.45, 7) is 4.20. The summed E-state index contributed by atoms with van der Waals surface area (Å²) < 4.78 is 6.71. The normalized spacial score (nSPS) is 12.2. The van der Waals surface area contributed by atoms with Crippen LogP contribution in [0.25, 0.3) is 0 Å². The van der Waals surface area contributed by atoms with Crippen molar-refractivity contribution in [3.63, 3.8) is 0 Å². The third-order valence-corrected chi connectivity index (χ3v) is 3.27. The molecule has 4 heteroatoms. The minimum absolute atomic E-state index is 0.456. The number of pyridine rings is 1. The number of halogens is 1. The van der Waals surface area contributed by atoms with Crippen LogP contribution in [0.4, 0.5) is 0 Å². The average Bonchev–Trinajstić information content (AvgIpc) is 2.37. The number of rotatable bonds is 4. The van der Waals surface area contributed by atoms with E-state index in [1.807, 2.05) is 31.2 Å². The highest BCUT2D eigenvalue weighted by molar-refractivity contribution is 9.10. The van der Waals surface area contributed by atoms with E-state index < -0.39 is 6.10 Å². The summed E-state index contributed by atoms with van der Waals surface area (Å²) >= 11 is 3.38. The van der Waals surface area contributed by atoms with Crippen molar-refractivity contribution in [1.82, 2.24) is 4.98 Å². The van der Waals surface area contributed by atoms with E-state index >= 15 is 0 Å². The first-order valence-electron chi connectivity index (χ1n) is 6.07. The first kappa shape index (κ1) is 14.0. The quantitative estimate of drug-likeness (QED) is 0.931. The molecule has 0 amide bonds. The Morgan fingerprint density at radius 1 is 1.32 bits per heavy atom. The molecule has 0 aliphatic heterocycles. The van der Waals surface area contributed by atoms with Gasteiger partial charge in [0.2, 0.25) is 0 Å². The Kier molecular flexibility index (Phi) is 4.56. The van der Waals surface area contributed by atoms with Crippen LogP contribution in [0.15, 0.2) is 41.1 Å². The topological polar surface area (TPSA) is 42.4 Å². The maximum absolute atomic E-state index is 9.52. The van der Waals surface area contributed by atoms with Crippen molar-refractivity contribution in [2.75, 3.05) is 0 Å². The van der Waals surface area contributed by atoms with Crippen molar-refractivity contribution >= 4 is 15.9 Å². The molecule has 3 nitrogen and oxygen atoms in total. The lowest BCUT2D eigenvalue weighted by Crippen LogP contribution is -1.99. The highest BCUT2D eigenvalue weighted by Crippen LogP contribution is 2.23. The molecule has 0 saturated heterocycles. The van der Waals surface area contributed by atoms with Gasteiger partial charge in [0.05, 0.1) is 6.10 Å². The average molecular weight is 322 g/mol. The smallest absolute Gasteiger partial charge is 0.122 e. The molecule has 0 aliphatic rings. The molecule has 100 valence electrons. The monoisotopic (exact) mass is 321 g/mol. The lowest BCUT2D eigenvalue weighted by atomic mass is 10.1. The van der Waals surface area contributed by atoms with E-state index in [1.165, 1.54) is 0 Å². The molecule has 0 aliphatic carbocycles. The Bertz CT molecular complexity index is 570. The van der Waals surface area contributed by atoms with Crippen molar-refractivity contribution in [3.05, 3.63) is 57.8 Å². The van der Waals surface area contributed by atoms with Crippen LogP contribution in [0, 0.1) is 6.92 Å². The van der Waals surface area contributed by atoms with Gasteiger partial charge in [0.1, 0.15) is 12.4 Å². The molecule has 0 spiro atoms. The molecule has 1 heterocycles. The molecule has 1 unspecified atom stereocenters. The molecular formula is C15H16BrNO2. The standard InChI is InChI=1S/C15H16BrNO2/c1-10-5-13(11(2)18)3-4-15(10)19-9-12-6-14(16)8-17-7-12/h3-8,11,18H,9H2,1-2H3. The van der Waals surface area contributed by atoms with Crippen LogP contribution in [0.1, 0.15) is 29.7 Å². The minimum atomic E-state index is -0.456. The van der Waals surface area contributed by atoms with Gasteiger partial charge in [0, 0.05) is 22.4 Å². The third kappa shape index (κ3) is 3.78. The summed E-state index contributed by atoms with van der Waals surface area (Å²) in [5.41, 5.74) is 2.92. The summed E-state index contributed by atoms with van der Waals surface area (Å²) in [5.74, 6) is 0.823. The summed E-state index contributed by atoms with van der Waals surface area (Å²) in [7, 11) is 0. The number of hydrogen-bond acceptors (Lipinski definition) is 3. The first-order chi connectivity index (χ1) is 9.06. The molecule has 2 aromatic rings. The third-order valence-electron chi connectivity index (χ3n) is 2.84. The van der Waals surface area contributed by atoms with Gasteiger partial charge in [-0.15, -0.1) is 0 Å². The molecule has 0 saturated carbocycles. The van der Waals surface area contributed by atoms with Gasteiger partial charge in [0.25, 0.3) is 0 Å². The largest absolute Gasteiger partial charge is 0.489 e. The van der Waals surface area contributed by atoms with E-state index in [0.29, 0.717) is 6.61 Å². The molecule has 1 N–H and O–H groups in total. The lowest BCUT2D eigenvalue weighted by Gasteiger charge is -2.12. The maximum Gasteiger partial charge on any atom is 0.122 e. The molecule has 0 fully saturated rings. The highest BCUT2D eigenvalue weighted by Gasteiger charge is 2.05. The lowest BCUT2D eigenvalue weighted by molar-refractivity contribution is 0.199. The fourth-order valence-corrected chi connectivity index (χ4v) is 2.20. The summed E-state index contributed by atoms with van der Waals surface area (Å²) in [4.78, 5) is 4.10. The predicted molar refractivity (Wildman–Crippen MR) is 78.1 cm³/mol. The molecule has 0 radical (unpaired) electrons. The van der Waals surface area contributed by atoms with Crippen LogP contribution in [-0.4, -0.2) is 10.1 Å². The molecule has 19 heavy (non-hydrogen) atoms. The van der Waals surface area contributed by atoms with Crippen molar-refractivity contribution in [1.29, 1.82) is 0 Å². The van der Waals surface area contributed by atoms with E-state index in [-0.39, 0.29) is 0 Å². The molecular weight excluding hydrogens is 306 g/mol. The number of hydrogen-bond donors (Lipinski definition) is 1. The molecule has 0 bridgehead atoms. The molecule has 2 rings (SSSR count). The molecule has 1 aromatic heterocycles. The van der Waals surface area contributed by atoms with E-state index in [9.17, 15) is 5.11 Å². The van der Waals surface area contributed by atoms with Crippen LogP contribution in [-0.2, 0) is 6.61 Å². The molecule has 1 aromatic carbocycles. The summed E-state index contributed by atoms with van der Waals surface area (Å²) in [5, 5.41) is 9.52. The number of benzene rings is 1. The van der Waals surface area contributed by atoms with Crippen molar-refractivity contribution < 1.29 is 9.84 Å². The van der Waals surface area contributed by atoms with Gasteiger partial charge >= 0.3 is 0 Å². The second kappa shape index (κ2) is 6.17. The fraction of sp³-hybridized carbons (Fsp3) is 0.267. The zero-order chi connectivity index (χ0) is 13.8. The SMILES string of the molecule is Cc1cc(C(C)O)ccc1OCc1cncc(Br)c1. The Morgan fingerprint density at radius 3 is 2.74 bits per heavy atom. The summed E-state index contributed by atoms with van der Waals surface area (Å²) in [6, 6.07) is 7.70. The predicted octanol–water partition coefficient (Wildman–Crippen LogP) is 3.78. The van der Waals surface area contributed by atoms with Gasteiger partial charge in [-0.2, -0.15) is 0 Å². The van der Waals surface area contributed by atoms with Gasteiger partial charge in [0.15, 0.2) is 0 Å². The summed E-state index contributed by atoms with van der Waals surface area (Å²) in [6.07, 6.45) is 3.07. The van der Waals surface area contributed by atoms with E-state index in [1.54, 1.807) is 19.3 Å². The number of aromatic nitrogens is 1. The Hall–Kier alpha value is -1.39. The zero-order valence-electron chi connectivity index (χ0n) is 10.9. The van der Waals surface area contributed by atoms with Crippen molar-refractivity contribution in [2.24, 2.45) is 0 Å². The van der Waals surface area contributed by atoms with Gasteiger partial charge in [-0.05, 0) is 59.1 Å². The van der Waals surface area contributed by atoms with E-state index in [0.717, 1.165) is 26.9 Å². The number of aliphatic hydroxyl groups excluding tert-OH is 1. The second-order valence-corrected chi connectivity index (χ2v) is 5.42. The maximum atomic E-state index is 9.52. The fourth-order valence-electron chi connectivity index (χ4n) is 1.79. The van der Waals surface area contributed by atoms with Crippen molar-refractivity contribution in [3.8, 4) is 5.75 Å². The molecule has 1 atom stereocenters. The van der Waals surface area contributed by atoms with Gasteiger partial charge in [-0.1, -0.05) is 6.07 Å². The van der Waals surface area contributed by atoms with Gasteiger partial charge < -0.3 is 9.84 Å². The Morgan fingerprint density at radius 2 is 2.11 bits per heavy atom. The zero-order valence-corrected chi connectivity index (χ0v) is 12.5. The van der Waals surface area contributed by atoms with Crippen LogP contribution in [0.5, 0.6) is 5.75 Å². The van der Waals surface area contributed by atoms with E-state index in [2.05, 4.69) is 20.9 Å². The van der Waals surface area contributed by atoms with E-state index in [4.69, 9.17) is 4.74 Å². The van der Waals surface area contributed by atoms with Crippen LogP contribution >= 0.6 is 15.9 Å². The van der Waals surface area contributed by atoms with Crippen molar-refractivity contribution in [2.45, 2.75) is 26.6 Å². The van der Waals surface area contributed by atoms with Crippen LogP contribution < -0.4 is 4.74 Å². The van der Waals surface area contributed by atoms with Gasteiger partial charge in [-0.25, -0.2) is 0 Å². The van der Waals surface area contributed by atoms with Crippen LogP contribution in [0.2, 0.25) is 0 Å². The first-order valence-corrected chi connectivity index (χ1v) is 6.86. The Labute approximate surface area is 121 Å². The van der Waals surface area contributed by atoms with Gasteiger partial charge in [-0.3, -0.25) is 4.98 Å².